The van der Waals surface area contributed by atoms with E-state index in [2.05, 4.69) is 15.8 Å². The number of nitrogens with zero attached hydrogens (tertiary/aromatic N) is 1. The van der Waals surface area contributed by atoms with Crippen LogP contribution in [-0.2, 0) is 9.59 Å². The Labute approximate surface area is 162 Å². The molecule has 2 rings (SSSR count). The molecule has 1 aromatic carbocycles. The van der Waals surface area contributed by atoms with Gasteiger partial charge in [-0.25, -0.2) is 0 Å². The van der Waals surface area contributed by atoms with Crippen LogP contribution < -0.4 is 20.1 Å². The van der Waals surface area contributed by atoms with Crippen molar-refractivity contribution in [3.63, 3.8) is 0 Å². The second kappa shape index (κ2) is 9.86. The number of aromatic nitrogens is 1. The smallest absolute Gasteiger partial charge is 0.235 e. The van der Waals surface area contributed by atoms with Gasteiger partial charge >= 0.3 is 0 Å². The SMILES string of the molecule is COc1ccc(OC)c([C@H](C)NC(=O)CSCC(=O)Nc2cc(C)on2)c1. The zero-order valence-electron chi connectivity index (χ0n) is 15.7. The molecule has 0 saturated heterocycles. The summed E-state index contributed by atoms with van der Waals surface area (Å²) >= 11 is 1.21. The highest BCUT2D eigenvalue weighted by atomic mass is 32.2. The minimum atomic E-state index is -0.268. The van der Waals surface area contributed by atoms with Crippen molar-refractivity contribution < 1.29 is 23.6 Å². The average molecular weight is 393 g/mol. The van der Waals surface area contributed by atoms with Crippen LogP contribution in [0.4, 0.5) is 5.82 Å². The third-order valence-corrected chi connectivity index (χ3v) is 4.58. The van der Waals surface area contributed by atoms with Crippen molar-refractivity contribution in [1.29, 1.82) is 0 Å². The summed E-state index contributed by atoms with van der Waals surface area (Å²) in [4.78, 5) is 24.0. The number of hydrogen-bond donors (Lipinski definition) is 2. The summed E-state index contributed by atoms with van der Waals surface area (Å²) in [5, 5.41) is 9.18. The van der Waals surface area contributed by atoms with E-state index in [4.69, 9.17) is 14.0 Å². The van der Waals surface area contributed by atoms with Crippen LogP contribution in [0.2, 0.25) is 0 Å². The summed E-state index contributed by atoms with van der Waals surface area (Å²) in [7, 11) is 3.15. The first-order valence-corrected chi connectivity index (χ1v) is 9.40. The minimum absolute atomic E-state index is 0.135. The minimum Gasteiger partial charge on any atom is -0.497 e. The molecular formula is C18H23N3O5S. The van der Waals surface area contributed by atoms with E-state index in [1.54, 1.807) is 39.3 Å². The number of carbonyl (C=O) groups is 2. The largest absolute Gasteiger partial charge is 0.497 e. The number of nitrogens with one attached hydrogen (secondary N) is 2. The molecule has 0 bridgehead atoms. The molecule has 1 heterocycles. The molecule has 0 aliphatic carbocycles. The van der Waals surface area contributed by atoms with Gasteiger partial charge in [0.25, 0.3) is 0 Å². The molecule has 2 aromatic rings. The van der Waals surface area contributed by atoms with Crippen LogP contribution in [0, 0.1) is 6.92 Å². The lowest BCUT2D eigenvalue weighted by Gasteiger charge is -2.18. The number of rotatable bonds is 9. The molecule has 0 aliphatic heterocycles. The van der Waals surface area contributed by atoms with Gasteiger partial charge < -0.3 is 24.6 Å². The molecule has 1 aromatic heterocycles. The molecule has 0 saturated carbocycles. The van der Waals surface area contributed by atoms with E-state index >= 15 is 0 Å². The number of amides is 2. The topological polar surface area (TPSA) is 103 Å². The van der Waals surface area contributed by atoms with E-state index < -0.39 is 0 Å². The lowest BCUT2D eigenvalue weighted by Crippen LogP contribution is -2.29. The summed E-state index contributed by atoms with van der Waals surface area (Å²) in [5.41, 5.74) is 0.814. The second-order valence-electron chi connectivity index (χ2n) is 5.76. The van der Waals surface area contributed by atoms with Crippen molar-refractivity contribution in [2.24, 2.45) is 0 Å². The van der Waals surface area contributed by atoms with Gasteiger partial charge in [0.05, 0.1) is 31.8 Å². The number of benzene rings is 1. The quantitative estimate of drug-likeness (QED) is 0.675. The third kappa shape index (κ3) is 6.21. The van der Waals surface area contributed by atoms with Crippen LogP contribution in [0.1, 0.15) is 24.3 Å². The van der Waals surface area contributed by atoms with Crippen LogP contribution in [0.25, 0.3) is 0 Å². The van der Waals surface area contributed by atoms with Gasteiger partial charge in [-0.3, -0.25) is 9.59 Å². The predicted octanol–water partition coefficient (Wildman–Crippen LogP) is 2.55. The Morgan fingerprint density at radius 3 is 2.56 bits per heavy atom. The molecule has 0 unspecified atom stereocenters. The number of ether oxygens (including phenoxy) is 2. The first kappa shape index (κ1) is 20.6. The monoisotopic (exact) mass is 393 g/mol. The van der Waals surface area contributed by atoms with Crippen LogP contribution in [-0.4, -0.2) is 42.7 Å². The highest BCUT2D eigenvalue weighted by Crippen LogP contribution is 2.29. The van der Waals surface area contributed by atoms with Gasteiger partial charge in [0, 0.05) is 11.6 Å². The predicted molar refractivity (Wildman–Crippen MR) is 103 cm³/mol. The molecule has 9 heteroatoms. The highest BCUT2D eigenvalue weighted by molar-refractivity contribution is 8.00. The van der Waals surface area contributed by atoms with Crippen LogP contribution in [0.3, 0.4) is 0 Å². The van der Waals surface area contributed by atoms with Gasteiger partial charge in [-0.2, -0.15) is 0 Å². The van der Waals surface area contributed by atoms with Crippen molar-refractivity contribution in [2.45, 2.75) is 19.9 Å². The van der Waals surface area contributed by atoms with Gasteiger partial charge in [-0.1, -0.05) is 5.16 Å². The zero-order valence-corrected chi connectivity index (χ0v) is 16.5. The summed E-state index contributed by atoms with van der Waals surface area (Å²) in [6.07, 6.45) is 0. The summed E-state index contributed by atoms with van der Waals surface area (Å²) in [6, 6.07) is 6.77. The van der Waals surface area contributed by atoms with Gasteiger partial charge in [-0.05, 0) is 32.0 Å². The normalized spacial score (nSPS) is 11.6. The van der Waals surface area contributed by atoms with Gasteiger partial charge in [-0.15, -0.1) is 11.8 Å². The van der Waals surface area contributed by atoms with E-state index in [-0.39, 0.29) is 29.4 Å². The molecule has 0 fully saturated rings. The number of carbonyl (C=O) groups excluding carboxylic acids is 2. The number of hydrogen-bond acceptors (Lipinski definition) is 7. The number of thioether (sulfide) groups is 1. The average Bonchev–Trinajstić information content (AvgIpc) is 3.05. The standard InChI is InChI=1S/C18H23N3O5S/c1-11-7-16(21-26-11)20-18(23)10-27-9-17(22)19-12(2)14-8-13(24-3)5-6-15(14)25-4/h5-8,12H,9-10H2,1-4H3,(H,19,22)(H,20,21,23)/t12-/m0/s1. The Morgan fingerprint density at radius 2 is 1.93 bits per heavy atom. The van der Waals surface area contributed by atoms with Gasteiger partial charge in [0.2, 0.25) is 11.8 Å². The third-order valence-electron chi connectivity index (χ3n) is 3.64. The molecule has 2 amide bonds. The maximum Gasteiger partial charge on any atom is 0.235 e. The molecule has 0 spiro atoms. The molecule has 0 radical (unpaired) electrons. The Kier molecular flexibility index (Phi) is 7.54. The number of methoxy groups -OCH3 is 2. The summed E-state index contributed by atoms with van der Waals surface area (Å²) in [5.74, 6) is 2.18. The van der Waals surface area contributed by atoms with E-state index in [0.717, 1.165) is 5.56 Å². The molecular weight excluding hydrogens is 370 g/mol. The van der Waals surface area contributed by atoms with Crippen molar-refractivity contribution in [3.05, 3.63) is 35.6 Å². The highest BCUT2D eigenvalue weighted by Gasteiger charge is 2.16. The lowest BCUT2D eigenvalue weighted by molar-refractivity contribution is -0.119. The Balaban J connectivity index is 1.80. The van der Waals surface area contributed by atoms with Crippen LogP contribution >= 0.6 is 11.8 Å². The molecule has 1 atom stereocenters. The fourth-order valence-corrected chi connectivity index (χ4v) is 3.01. The second-order valence-corrected chi connectivity index (χ2v) is 6.75. The summed E-state index contributed by atoms with van der Waals surface area (Å²) in [6.45, 7) is 3.60. The van der Waals surface area contributed by atoms with Gasteiger partial charge in [0.1, 0.15) is 17.3 Å². The van der Waals surface area contributed by atoms with Gasteiger partial charge in [0.15, 0.2) is 5.82 Å². The van der Waals surface area contributed by atoms with Crippen molar-refractivity contribution in [2.75, 3.05) is 31.0 Å². The molecule has 8 nitrogen and oxygen atoms in total. The van der Waals surface area contributed by atoms with E-state index in [1.807, 2.05) is 13.0 Å². The van der Waals surface area contributed by atoms with E-state index in [0.29, 0.717) is 23.1 Å². The molecule has 146 valence electrons. The fraction of sp³-hybridized carbons (Fsp3) is 0.389. The molecule has 0 aliphatic rings. The van der Waals surface area contributed by atoms with Crippen molar-refractivity contribution in [3.8, 4) is 11.5 Å². The number of anilines is 1. The Morgan fingerprint density at radius 1 is 1.19 bits per heavy atom. The fourth-order valence-electron chi connectivity index (χ4n) is 2.38. The Bertz CT molecular complexity index is 793. The van der Waals surface area contributed by atoms with Crippen LogP contribution in [0.15, 0.2) is 28.8 Å². The van der Waals surface area contributed by atoms with Crippen molar-refractivity contribution >= 4 is 29.4 Å². The van der Waals surface area contributed by atoms with Crippen LogP contribution in [0.5, 0.6) is 11.5 Å². The van der Waals surface area contributed by atoms with E-state index in [1.165, 1.54) is 11.8 Å². The first-order valence-electron chi connectivity index (χ1n) is 8.25. The van der Waals surface area contributed by atoms with E-state index in [9.17, 15) is 9.59 Å². The Hall–Kier alpha value is -2.68. The summed E-state index contributed by atoms with van der Waals surface area (Å²) < 4.78 is 15.4. The maximum absolute atomic E-state index is 12.2. The van der Waals surface area contributed by atoms with Crippen molar-refractivity contribution in [1.82, 2.24) is 10.5 Å². The number of aryl methyl sites for hydroxylation is 1. The molecule has 2 N–H and O–H groups in total. The molecule has 27 heavy (non-hydrogen) atoms. The zero-order chi connectivity index (χ0) is 19.8. The maximum atomic E-state index is 12.2. The lowest BCUT2D eigenvalue weighted by atomic mass is 10.1. The first-order chi connectivity index (χ1) is 12.9.